The minimum Gasteiger partial charge on any atom is -0.339 e. The normalized spacial score (nSPS) is 16.9. The Balaban J connectivity index is 1.93. The fourth-order valence-corrected chi connectivity index (χ4v) is 2.97. The van der Waals surface area contributed by atoms with Gasteiger partial charge < -0.3 is 4.90 Å². The number of hydrogen-bond acceptors (Lipinski definition) is 1. The molecule has 0 radical (unpaired) electrons. The van der Waals surface area contributed by atoms with E-state index in [9.17, 15) is 4.79 Å². The molecule has 1 aliphatic rings. The molecule has 0 N–H and O–H groups in total. The topological polar surface area (TPSA) is 20.3 Å². The van der Waals surface area contributed by atoms with E-state index in [0.717, 1.165) is 24.6 Å². The molecule has 2 rings (SSSR count). The predicted octanol–water partition coefficient (Wildman–Crippen LogP) is 3.94. The number of rotatable bonds is 3. The number of benzene rings is 1. The number of likely N-dealkylation sites (tertiary alicyclic amines) is 1. The molecule has 18 heavy (non-hydrogen) atoms. The molecule has 0 unspecified atom stereocenters. The zero-order chi connectivity index (χ0) is 13.0. The van der Waals surface area contributed by atoms with Gasteiger partial charge in [0.2, 0.25) is 0 Å². The lowest BCUT2D eigenvalue weighted by Crippen LogP contribution is -2.38. The SMILES string of the molecule is CCCC1CCN(C(=O)c2ccc(I)cc2)CC1. The van der Waals surface area contributed by atoms with Crippen molar-refractivity contribution in [2.45, 2.75) is 32.6 Å². The lowest BCUT2D eigenvalue weighted by molar-refractivity contribution is 0.0686. The van der Waals surface area contributed by atoms with Crippen molar-refractivity contribution in [3.63, 3.8) is 0 Å². The van der Waals surface area contributed by atoms with Gasteiger partial charge >= 0.3 is 0 Å². The van der Waals surface area contributed by atoms with Crippen LogP contribution in [0, 0.1) is 9.49 Å². The molecular formula is C15H20INO. The monoisotopic (exact) mass is 357 g/mol. The zero-order valence-electron chi connectivity index (χ0n) is 10.9. The molecule has 3 heteroatoms. The minimum atomic E-state index is 0.196. The van der Waals surface area contributed by atoms with Crippen LogP contribution in [0.4, 0.5) is 0 Å². The van der Waals surface area contributed by atoms with Crippen LogP contribution in [0.2, 0.25) is 0 Å². The summed E-state index contributed by atoms with van der Waals surface area (Å²) in [6.07, 6.45) is 4.91. The molecule has 0 aromatic heterocycles. The first-order chi connectivity index (χ1) is 8.70. The second-order valence-corrected chi connectivity index (χ2v) is 6.28. The van der Waals surface area contributed by atoms with Crippen LogP contribution in [-0.2, 0) is 0 Å². The third kappa shape index (κ3) is 3.46. The Kier molecular flexibility index (Phi) is 5.03. The van der Waals surface area contributed by atoms with E-state index in [1.54, 1.807) is 0 Å². The van der Waals surface area contributed by atoms with Gasteiger partial charge in [0.25, 0.3) is 5.91 Å². The molecule has 0 bridgehead atoms. The molecule has 1 saturated heterocycles. The molecule has 0 aliphatic carbocycles. The summed E-state index contributed by atoms with van der Waals surface area (Å²) in [5, 5.41) is 0. The maximum absolute atomic E-state index is 12.3. The maximum Gasteiger partial charge on any atom is 0.253 e. The van der Waals surface area contributed by atoms with E-state index < -0.39 is 0 Å². The van der Waals surface area contributed by atoms with Crippen LogP contribution in [0.5, 0.6) is 0 Å². The highest BCUT2D eigenvalue weighted by Crippen LogP contribution is 2.23. The highest BCUT2D eigenvalue weighted by molar-refractivity contribution is 14.1. The summed E-state index contributed by atoms with van der Waals surface area (Å²) in [7, 11) is 0. The van der Waals surface area contributed by atoms with E-state index in [-0.39, 0.29) is 5.91 Å². The number of carbonyl (C=O) groups is 1. The summed E-state index contributed by atoms with van der Waals surface area (Å²) >= 11 is 2.26. The van der Waals surface area contributed by atoms with Gasteiger partial charge in [-0.2, -0.15) is 0 Å². The molecule has 1 fully saturated rings. The first-order valence-electron chi connectivity index (χ1n) is 6.75. The lowest BCUT2D eigenvalue weighted by atomic mass is 9.92. The van der Waals surface area contributed by atoms with Gasteiger partial charge in [0.15, 0.2) is 0 Å². The summed E-state index contributed by atoms with van der Waals surface area (Å²) < 4.78 is 1.17. The Labute approximate surface area is 123 Å². The second-order valence-electron chi connectivity index (χ2n) is 5.03. The highest BCUT2D eigenvalue weighted by Gasteiger charge is 2.22. The van der Waals surface area contributed by atoms with Gasteiger partial charge in [0, 0.05) is 22.2 Å². The fourth-order valence-electron chi connectivity index (χ4n) is 2.61. The van der Waals surface area contributed by atoms with Crippen LogP contribution in [-0.4, -0.2) is 23.9 Å². The number of amides is 1. The second kappa shape index (κ2) is 6.55. The molecule has 0 spiro atoms. The third-order valence-corrected chi connectivity index (χ3v) is 4.41. The Morgan fingerprint density at radius 1 is 1.28 bits per heavy atom. The average molecular weight is 357 g/mol. The Morgan fingerprint density at radius 2 is 1.89 bits per heavy atom. The van der Waals surface area contributed by atoms with E-state index in [0.29, 0.717) is 0 Å². The van der Waals surface area contributed by atoms with Crippen molar-refractivity contribution in [1.82, 2.24) is 4.90 Å². The number of nitrogens with zero attached hydrogens (tertiary/aromatic N) is 1. The molecule has 1 heterocycles. The summed E-state index contributed by atoms with van der Waals surface area (Å²) in [4.78, 5) is 14.3. The molecule has 98 valence electrons. The Hall–Kier alpha value is -0.580. The van der Waals surface area contributed by atoms with Crippen molar-refractivity contribution in [3.05, 3.63) is 33.4 Å². The molecule has 2 nitrogen and oxygen atoms in total. The summed E-state index contributed by atoms with van der Waals surface area (Å²) in [5.41, 5.74) is 0.823. The van der Waals surface area contributed by atoms with Gasteiger partial charge in [-0.1, -0.05) is 19.8 Å². The quantitative estimate of drug-likeness (QED) is 0.751. The van der Waals surface area contributed by atoms with Gasteiger partial charge in [-0.3, -0.25) is 4.79 Å². The average Bonchev–Trinajstić information content (AvgIpc) is 2.40. The van der Waals surface area contributed by atoms with Crippen molar-refractivity contribution < 1.29 is 4.79 Å². The lowest BCUT2D eigenvalue weighted by Gasteiger charge is -2.32. The summed E-state index contributed by atoms with van der Waals surface area (Å²) in [6, 6.07) is 7.86. The molecule has 0 saturated carbocycles. The van der Waals surface area contributed by atoms with Crippen molar-refractivity contribution in [2.75, 3.05) is 13.1 Å². The van der Waals surface area contributed by atoms with E-state index >= 15 is 0 Å². The van der Waals surface area contributed by atoms with E-state index in [2.05, 4.69) is 29.5 Å². The van der Waals surface area contributed by atoms with Crippen LogP contribution in [0.15, 0.2) is 24.3 Å². The van der Waals surface area contributed by atoms with Gasteiger partial charge in [0.05, 0.1) is 0 Å². The fraction of sp³-hybridized carbons (Fsp3) is 0.533. The first-order valence-corrected chi connectivity index (χ1v) is 7.83. The van der Waals surface area contributed by atoms with Crippen LogP contribution in [0.3, 0.4) is 0 Å². The van der Waals surface area contributed by atoms with Crippen LogP contribution >= 0.6 is 22.6 Å². The van der Waals surface area contributed by atoms with Gasteiger partial charge in [0.1, 0.15) is 0 Å². The Morgan fingerprint density at radius 3 is 2.44 bits per heavy atom. The van der Waals surface area contributed by atoms with Crippen LogP contribution in [0.25, 0.3) is 0 Å². The summed E-state index contributed by atoms with van der Waals surface area (Å²) in [6.45, 7) is 4.09. The predicted molar refractivity (Wildman–Crippen MR) is 82.7 cm³/mol. The molecule has 0 atom stereocenters. The molecule has 1 aromatic carbocycles. The molecular weight excluding hydrogens is 337 g/mol. The summed E-state index contributed by atoms with van der Waals surface area (Å²) in [5.74, 6) is 1.03. The molecule has 1 aliphatic heterocycles. The number of hydrogen-bond donors (Lipinski definition) is 0. The highest BCUT2D eigenvalue weighted by atomic mass is 127. The van der Waals surface area contributed by atoms with Gasteiger partial charge in [-0.05, 0) is 65.6 Å². The van der Waals surface area contributed by atoms with Crippen molar-refractivity contribution >= 4 is 28.5 Å². The van der Waals surface area contributed by atoms with Crippen molar-refractivity contribution in [2.24, 2.45) is 5.92 Å². The zero-order valence-corrected chi connectivity index (χ0v) is 13.0. The standard InChI is InChI=1S/C15H20INO/c1-2-3-12-8-10-17(11-9-12)15(18)13-4-6-14(16)7-5-13/h4-7,12H,2-3,8-11H2,1H3. The number of carbonyl (C=O) groups excluding carboxylic acids is 1. The van der Waals surface area contributed by atoms with Crippen LogP contribution < -0.4 is 0 Å². The Bertz CT molecular complexity index is 393. The first kappa shape index (κ1) is 13.8. The number of halogens is 1. The van der Waals surface area contributed by atoms with E-state index in [1.165, 1.54) is 29.3 Å². The van der Waals surface area contributed by atoms with Gasteiger partial charge in [-0.25, -0.2) is 0 Å². The maximum atomic E-state index is 12.3. The van der Waals surface area contributed by atoms with Crippen LogP contribution in [0.1, 0.15) is 43.0 Å². The minimum absolute atomic E-state index is 0.196. The van der Waals surface area contributed by atoms with E-state index in [4.69, 9.17) is 0 Å². The molecule has 1 aromatic rings. The smallest absolute Gasteiger partial charge is 0.253 e. The third-order valence-electron chi connectivity index (χ3n) is 3.69. The van der Waals surface area contributed by atoms with Crippen molar-refractivity contribution in [1.29, 1.82) is 0 Å². The van der Waals surface area contributed by atoms with E-state index in [1.807, 2.05) is 29.2 Å². The van der Waals surface area contributed by atoms with Gasteiger partial charge in [-0.15, -0.1) is 0 Å². The molecule has 1 amide bonds. The number of piperidine rings is 1. The van der Waals surface area contributed by atoms with Crippen molar-refractivity contribution in [3.8, 4) is 0 Å². The largest absolute Gasteiger partial charge is 0.339 e.